The Morgan fingerprint density at radius 3 is 2.38 bits per heavy atom. The van der Waals surface area contributed by atoms with E-state index >= 15 is 0 Å². The van der Waals surface area contributed by atoms with Crippen LogP contribution in [0, 0.1) is 28.6 Å². The summed E-state index contributed by atoms with van der Waals surface area (Å²) in [6, 6.07) is -1.20. The molecule has 2 saturated carbocycles. The number of thiazole rings is 1. The quantitative estimate of drug-likeness (QED) is 0.475. The van der Waals surface area contributed by atoms with Gasteiger partial charge in [-0.3, -0.25) is 19.4 Å². The van der Waals surface area contributed by atoms with Crippen LogP contribution < -0.4 is 5.32 Å². The summed E-state index contributed by atoms with van der Waals surface area (Å²) in [6.45, 7) is 7.61. The normalized spacial score (nSPS) is 27.1. The highest BCUT2D eigenvalue weighted by atomic mass is 32.1. The molecule has 4 fully saturated rings. The first-order chi connectivity index (χ1) is 18.5. The van der Waals surface area contributed by atoms with E-state index in [0.29, 0.717) is 37.0 Å². The molecule has 3 amide bonds. The van der Waals surface area contributed by atoms with Gasteiger partial charge in [0.1, 0.15) is 4.88 Å². The van der Waals surface area contributed by atoms with Crippen LogP contribution >= 0.6 is 11.3 Å². The molecule has 2 saturated heterocycles. The number of nitrogens with one attached hydrogen (secondary N) is 1. The second-order valence-electron chi connectivity index (χ2n) is 12.8. The fourth-order valence-corrected chi connectivity index (χ4v) is 7.22. The molecule has 0 radical (unpaired) electrons. The van der Waals surface area contributed by atoms with Crippen molar-refractivity contribution < 1.29 is 29.0 Å². The summed E-state index contributed by atoms with van der Waals surface area (Å²) >= 11 is 1.24. The zero-order valence-corrected chi connectivity index (χ0v) is 23.9. The van der Waals surface area contributed by atoms with Crippen LogP contribution in [0.25, 0.3) is 0 Å². The molecule has 2 aliphatic heterocycles. The van der Waals surface area contributed by atoms with Gasteiger partial charge in [-0.1, -0.05) is 33.1 Å². The summed E-state index contributed by atoms with van der Waals surface area (Å²) in [5.74, 6) is -1.86. The van der Waals surface area contributed by atoms with Gasteiger partial charge in [0.2, 0.25) is 11.8 Å². The van der Waals surface area contributed by atoms with Crippen molar-refractivity contribution in [3.63, 3.8) is 0 Å². The van der Waals surface area contributed by atoms with Crippen LogP contribution in [0.1, 0.15) is 69.0 Å². The summed E-state index contributed by atoms with van der Waals surface area (Å²) in [5.41, 5.74) is 0.994. The molecule has 3 heterocycles. The SMILES string of the molecule is CC(OCC1CCCCC1)C(NC(=O)[C@@H]1CN(C(=O)c2cncs2)CC12CN(C(=O)[C@H]1CC1(C)C)C2)C(=O)O. The number of carbonyl (C=O) groups is 4. The molecule has 5 rings (SSSR count). The van der Waals surface area contributed by atoms with Gasteiger partial charge in [0, 0.05) is 44.1 Å². The van der Waals surface area contributed by atoms with Crippen molar-refractivity contribution in [1.29, 1.82) is 0 Å². The standard InChI is InChI=1S/C28H40N4O6S/c1-17(38-12-18-7-5-4-6-8-18)22(26(36)37)30-23(33)20-11-31(25(35)21-10-29-16-39-21)13-28(20)14-32(15-28)24(34)19-9-27(19,2)3/h10,16-20,22H,4-9,11-15H2,1-3H3,(H,30,33)(H,36,37)/t17?,19-,20+,22?/m1/s1. The highest BCUT2D eigenvalue weighted by Gasteiger charge is 2.62. The van der Waals surface area contributed by atoms with Crippen molar-refractivity contribution in [2.24, 2.45) is 28.6 Å². The fourth-order valence-electron chi connectivity index (χ4n) is 6.63. The number of rotatable bonds is 9. The van der Waals surface area contributed by atoms with Crippen LogP contribution in [0.5, 0.6) is 0 Å². The molecule has 2 unspecified atom stereocenters. The highest BCUT2D eigenvalue weighted by Crippen LogP contribution is 2.54. The second kappa shape index (κ2) is 10.8. The maximum Gasteiger partial charge on any atom is 0.328 e. The molecule has 4 atom stereocenters. The lowest BCUT2D eigenvalue weighted by atomic mass is 9.70. The number of aromatic nitrogens is 1. The number of carbonyl (C=O) groups excluding carboxylic acids is 3. The molecule has 39 heavy (non-hydrogen) atoms. The van der Waals surface area contributed by atoms with E-state index in [1.54, 1.807) is 22.2 Å². The topological polar surface area (TPSA) is 129 Å². The maximum absolute atomic E-state index is 13.7. The average Bonchev–Trinajstić information content (AvgIpc) is 3.28. The Kier molecular flexibility index (Phi) is 7.76. The predicted molar refractivity (Wildman–Crippen MR) is 144 cm³/mol. The number of hydrogen-bond acceptors (Lipinski definition) is 7. The molecule has 1 aromatic rings. The minimum Gasteiger partial charge on any atom is -0.480 e. The van der Waals surface area contributed by atoms with E-state index in [0.717, 1.165) is 19.3 Å². The van der Waals surface area contributed by atoms with E-state index in [4.69, 9.17) is 4.74 Å². The van der Waals surface area contributed by atoms with Crippen molar-refractivity contribution in [2.75, 3.05) is 32.8 Å². The average molecular weight is 561 g/mol. The zero-order chi connectivity index (χ0) is 27.9. The molecule has 0 aromatic carbocycles. The lowest BCUT2D eigenvalue weighted by Crippen LogP contribution is -2.65. The lowest BCUT2D eigenvalue weighted by Gasteiger charge is -2.50. The van der Waals surface area contributed by atoms with Crippen LogP contribution in [0.15, 0.2) is 11.7 Å². The van der Waals surface area contributed by atoms with Crippen molar-refractivity contribution in [3.05, 3.63) is 16.6 Å². The van der Waals surface area contributed by atoms with Gasteiger partial charge in [-0.05, 0) is 37.5 Å². The van der Waals surface area contributed by atoms with Gasteiger partial charge < -0.3 is 25.0 Å². The minimum atomic E-state index is -1.20. The number of carboxylic acids is 1. The third-order valence-corrected chi connectivity index (χ3v) is 10.1. The Bertz CT molecular complexity index is 1100. The number of carboxylic acid groups (broad SMARTS) is 1. The van der Waals surface area contributed by atoms with Crippen molar-refractivity contribution in [1.82, 2.24) is 20.1 Å². The first kappa shape index (κ1) is 28.0. The van der Waals surface area contributed by atoms with Gasteiger partial charge in [-0.15, -0.1) is 11.3 Å². The van der Waals surface area contributed by atoms with Crippen LogP contribution in [0.2, 0.25) is 0 Å². The van der Waals surface area contributed by atoms with Gasteiger partial charge in [0.25, 0.3) is 5.91 Å². The first-order valence-corrected chi connectivity index (χ1v) is 15.0. The monoisotopic (exact) mass is 560 g/mol. The molecule has 0 bridgehead atoms. The smallest absolute Gasteiger partial charge is 0.328 e. The van der Waals surface area contributed by atoms with E-state index in [1.807, 2.05) is 0 Å². The first-order valence-electron chi connectivity index (χ1n) is 14.1. The van der Waals surface area contributed by atoms with Crippen molar-refractivity contribution in [3.8, 4) is 0 Å². The maximum atomic E-state index is 13.7. The minimum absolute atomic E-state index is 0.00277. The Balaban J connectivity index is 1.27. The van der Waals surface area contributed by atoms with Crippen LogP contribution in [-0.4, -0.2) is 88.5 Å². The number of aliphatic carboxylic acids is 1. The predicted octanol–water partition coefficient (Wildman–Crippen LogP) is 2.64. The molecular weight excluding hydrogens is 520 g/mol. The summed E-state index contributed by atoms with van der Waals surface area (Å²) in [6.07, 6.45) is 7.40. The molecule has 1 aromatic heterocycles. The molecule has 2 aliphatic carbocycles. The number of likely N-dealkylation sites (tertiary alicyclic amines) is 2. The fraction of sp³-hybridized carbons (Fsp3) is 0.750. The summed E-state index contributed by atoms with van der Waals surface area (Å²) in [7, 11) is 0. The number of ether oxygens (including phenoxy) is 1. The summed E-state index contributed by atoms with van der Waals surface area (Å²) in [4.78, 5) is 60.0. The Morgan fingerprint density at radius 2 is 1.79 bits per heavy atom. The highest BCUT2D eigenvalue weighted by molar-refractivity contribution is 7.11. The molecule has 4 aliphatic rings. The Labute approximate surface area is 233 Å². The van der Waals surface area contributed by atoms with Crippen LogP contribution in [0.3, 0.4) is 0 Å². The van der Waals surface area contributed by atoms with E-state index in [2.05, 4.69) is 24.1 Å². The number of amides is 3. The van der Waals surface area contributed by atoms with E-state index in [9.17, 15) is 24.3 Å². The van der Waals surface area contributed by atoms with Gasteiger partial charge in [-0.2, -0.15) is 0 Å². The number of hydrogen-bond donors (Lipinski definition) is 2. The number of nitrogens with zero attached hydrogens (tertiary/aromatic N) is 3. The van der Waals surface area contributed by atoms with E-state index in [-0.39, 0.29) is 29.7 Å². The summed E-state index contributed by atoms with van der Waals surface area (Å²) in [5, 5.41) is 12.7. The van der Waals surface area contributed by atoms with Crippen LogP contribution in [-0.2, 0) is 19.1 Å². The molecule has 214 valence electrons. The second-order valence-corrected chi connectivity index (χ2v) is 13.7. The van der Waals surface area contributed by atoms with E-state index in [1.165, 1.54) is 36.8 Å². The largest absolute Gasteiger partial charge is 0.480 e. The summed E-state index contributed by atoms with van der Waals surface area (Å²) < 4.78 is 5.95. The Hall–Kier alpha value is -2.53. The van der Waals surface area contributed by atoms with Gasteiger partial charge in [0.15, 0.2) is 6.04 Å². The molecular formula is C28H40N4O6S. The third kappa shape index (κ3) is 5.70. The van der Waals surface area contributed by atoms with Gasteiger partial charge >= 0.3 is 5.97 Å². The molecule has 2 N–H and O–H groups in total. The van der Waals surface area contributed by atoms with E-state index < -0.39 is 35.4 Å². The lowest BCUT2D eigenvalue weighted by molar-refractivity contribution is -0.153. The van der Waals surface area contributed by atoms with Gasteiger partial charge in [-0.25, -0.2) is 4.79 Å². The van der Waals surface area contributed by atoms with Crippen molar-refractivity contribution >= 4 is 35.0 Å². The van der Waals surface area contributed by atoms with Crippen LogP contribution in [0.4, 0.5) is 0 Å². The van der Waals surface area contributed by atoms with Crippen molar-refractivity contribution in [2.45, 2.75) is 71.4 Å². The van der Waals surface area contributed by atoms with Gasteiger partial charge in [0.05, 0.1) is 23.7 Å². The molecule has 10 nitrogen and oxygen atoms in total. The third-order valence-electron chi connectivity index (χ3n) is 9.38. The molecule has 11 heteroatoms. The molecule has 1 spiro atoms. The Morgan fingerprint density at radius 1 is 1.13 bits per heavy atom. The zero-order valence-electron chi connectivity index (χ0n) is 23.1.